The van der Waals surface area contributed by atoms with Gasteiger partial charge in [-0.3, -0.25) is 11.3 Å². The highest BCUT2D eigenvalue weighted by Crippen LogP contribution is 2.10. The molecule has 1 heterocycles. The quantitative estimate of drug-likeness (QED) is 0.541. The minimum Gasteiger partial charge on any atom is -0.271 e. The Morgan fingerprint density at radius 2 is 2.54 bits per heavy atom. The van der Waals surface area contributed by atoms with Gasteiger partial charge in [-0.05, 0) is 6.42 Å². The van der Waals surface area contributed by atoms with Crippen molar-refractivity contribution < 1.29 is 0 Å². The molecule has 1 rings (SSSR count). The van der Waals surface area contributed by atoms with Crippen LogP contribution >= 0.6 is 11.3 Å². The molecule has 0 saturated heterocycles. The first-order valence-corrected chi connectivity index (χ1v) is 5.59. The van der Waals surface area contributed by atoms with Gasteiger partial charge in [-0.1, -0.05) is 19.8 Å². The van der Waals surface area contributed by atoms with Crippen LogP contribution in [-0.2, 0) is 6.42 Å². The summed E-state index contributed by atoms with van der Waals surface area (Å²) in [5.41, 5.74) is 2.84. The van der Waals surface area contributed by atoms with Gasteiger partial charge in [-0.2, -0.15) is 0 Å². The number of hydrogen-bond acceptors (Lipinski definition) is 4. The van der Waals surface area contributed by atoms with Crippen molar-refractivity contribution in [2.75, 3.05) is 0 Å². The van der Waals surface area contributed by atoms with E-state index in [4.69, 9.17) is 5.84 Å². The van der Waals surface area contributed by atoms with E-state index in [1.807, 2.05) is 11.6 Å². The van der Waals surface area contributed by atoms with E-state index in [0.29, 0.717) is 6.04 Å². The van der Waals surface area contributed by atoms with E-state index >= 15 is 0 Å². The molecule has 0 aliphatic heterocycles. The maximum absolute atomic E-state index is 5.46. The number of rotatable bonds is 6. The summed E-state index contributed by atoms with van der Waals surface area (Å²) in [6, 6.07) is 0.381. The summed E-state index contributed by atoms with van der Waals surface area (Å²) < 4.78 is 0. The van der Waals surface area contributed by atoms with Crippen LogP contribution in [0.4, 0.5) is 0 Å². The van der Waals surface area contributed by atoms with Gasteiger partial charge in [0.15, 0.2) is 0 Å². The van der Waals surface area contributed by atoms with E-state index in [-0.39, 0.29) is 0 Å². The normalized spacial score (nSPS) is 13.1. The van der Waals surface area contributed by atoms with Gasteiger partial charge in [0.25, 0.3) is 0 Å². The van der Waals surface area contributed by atoms with Crippen LogP contribution in [-0.4, -0.2) is 11.0 Å². The number of nitrogens with zero attached hydrogens (tertiary/aromatic N) is 1. The van der Waals surface area contributed by atoms with Crippen LogP contribution in [0.5, 0.6) is 0 Å². The summed E-state index contributed by atoms with van der Waals surface area (Å²) in [5.74, 6) is 5.46. The second-order valence-corrected chi connectivity index (χ2v) is 4.11. The molecule has 0 fully saturated rings. The van der Waals surface area contributed by atoms with Crippen LogP contribution < -0.4 is 11.3 Å². The van der Waals surface area contributed by atoms with Gasteiger partial charge in [0.1, 0.15) is 0 Å². The van der Waals surface area contributed by atoms with Crippen LogP contribution in [0.1, 0.15) is 31.2 Å². The Morgan fingerprint density at radius 3 is 3.08 bits per heavy atom. The molecule has 0 aliphatic rings. The summed E-state index contributed by atoms with van der Waals surface area (Å²) in [6.07, 6.45) is 6.37. The van der Waals surface area contributed by atoms with E-state index in [1.54, 1.807) is 11.3 Å². The number of aromatic nitrogens is 1. The fourth-order valence-corrected chi connectivity index (χ4v) is 1.96. The molecule has 0 amide bonds. The predicted octanol–water partition coefficient (Wildman–Crippen LogP) is 1.71. The van der Waals surface area contributed by atoms with Crippen LogP contribution in [0.3, 0.4) is 0 Å². The second-order valence-electron chi connectivity index (χ2n) is 3.14. The number of nitrogens with two attached hydrogens (primary N) is 1. The molecular weight excluding hydrogens is 182 g/mol. The van der Waals surface area contributed by atoms with Gasteiger partial charge in [0.05, 0.1) is 5.01 Å². The fourth-order valence-electron chi connectivity index (χ4n) is 1.26. The first-order valence-electron chi connectivity index (χ1n) is 4.71. The van der Waals surface area contributed by atoms with Crippen molar-refractivity contribution >= 4 is 11.3 Å². The highest BCUT2D eigenvalue weighted by atomic mass is 32.1. The lowest BCUT2D eigenvalue weighted by atomic mass is 10.1. The Hall–Kier alpha value is -0.450. The molecule has 74 valence electrons. The van der Waals surface area contributed by atoms with Gasteiger partial charge in [-0.15, -0.1) is 11.3 Å². The van der Waals surface area contributed by atoms with E-state index in [2.05, 4.69) is 17.3 Å². The molecule has 3 N–H and O–H groups in total. The minimum atomic E-state index is 0.381. The number of unbranched alkanes of at least 4 members (excludes halogenated alkanes) is 1. The molecule has 0 aliphatic carbocycles. The zero-order chi connectivity index (χ0) is 9.52. The molecule has 0 spiro atoms. The molecule has 13 heavy (non-hydrogen) atoms. The molecule has 0 saturated carbocycles. The summed E-state index contributed by atoms with van der Waals surface area (Å²) >= 11 is 1.69. The van der Waals surface area contributed by atoms with Crippen molar-refractivity contribution in [2.24, 2.45) is 5.84 Å². The van der Waals surface area contributed by atoms with Crippen molar-refractivity contribution in [2.45, 2.75) is 38.6 Å². The van der Waals surface area contributed by atoms with E-state index in [1.165, 1.54) is 17.8 Å². The third kappa shape index (κ3) is 3.85. The van der Waals surface area contributed by atoms with Crippen molar-refractivity contribution in [3.8, 4) is 0 Å². The Labute approximate surface area is 83.3 Å². The Morgan fingerprint density at radius 1 is 1.69 bits per heavy atom. The summed E-state index contributed by atoms with van der Waals surface area (Å²) in [7, 11) is 0. The average molecular weight is 199 g/mol. The van der Waals surface area contributed by atoms with Gasteiger partial charge < -0.3 is 0 Å². The molecule has 0 bridgehead atoms. The third-order valence-electron chi connectivity index (χ3n) is 2.05. The number of nitrogens with one attached hydrogen (secondary N) is 1. The topological polar surface area (TPSA) is 50.9 Å². The maximum atomic E-state index is 5.46. The lowest BCUT2D eigenvalue weighted by molar-refractivity contribution is 0.473. The van der Waals surface area contributed by atoms with Gasteiger partial charge in [0.2, 0.25) is 0 Å². The largest absolute Gasteiger partial charge is 0.271 e. The van der Waals surface area contributed by atoms with Crippen LogP contribution in [0.15, 0.2) is 11.6 Å². The first-order chi connectivity index (χ1) is 6.36. The molecular formula is C9H17N3S. The SMILES string of the molecule is CCCCC(Cc1nccs1)NN. The third-order valence-corrected chi connectivity index (χ3v) is 2.85. The average Bonchev–Trinajstić information content (AvgIpc) is 2.64. The molecule has 4 heteroatoms. The maximum Gasteiger partial charge on any atom is 0.0940 e. The van der Waals surface area contributed by atoms with E-state index < -0.39 is 0 Å². The monoisotopic (exact) mass is 199 g/mol. The molecule has 1 aromatic rings. The second kappa shape index (κ2) is 6.07. The lowest BCUT2D eigenvalue weighted by Crippen LogP contribution is -2.36. The van der Waals surface area contributed by atoms with Gasteiger partial charge >= 0.3 is 0 Å². The lowest BCUT2D eigenvalue weighted by Gasteiger charge is -2.13. The van der Waals surface area contributed by atoms with Crippen molar-refractivity contribution in [1.82, 2.24) is 10.4 Å². The van der Waals surface area contributed by atoms with E-state index in [9.17, 15) is 0 Å². The number of thiazole rings is 1. The standard InChI is InChI=1S/C9H17N3S/c1-2-3-4-8(12-10)7-9-11-5-6-13-9/h5-6,8,12H,2-4,7,10H2,1H3. The minimum absolute atomic E-state index is 0.381. The number of hydrazine groups is 1. The summed E-state index contributed by atoms with van der Waals surface area (Å²) in [6.45, 7) is 2.19. The summed E-state index contributed by atoms with van der Waals surface area (Å²) in [4.78, 5) is 4.24. The Kier molecular flexibility index (Phi) is 4.97. The van der Waals surface area contributed by atoms with Crippen LogP contribution in [0.2, 0.25) is 0 Å². The molecule has 1 unspecified atom stereocenters. The molecule has 1 aromatic heterocycles. The van der Waals surface area contributed by atoms with Crippen molar-refractivity contribution in [1.29, 1.82) is 0 Å². The smallest absolute Gasteiger partial charge is 0.0940 e. The number of hydrogen-bond donors (Lipinski definition) is 2. The molecule has 1 atom stereocenters. The fraction of sp³-hybridized carbons (Fsp3) is 0.667. The van der Waals surface area contributed by atoms with Gasteiger partial charge in [0, 0.05) is 24.0 Å². The Bertz CT molecular complexity index is 211. The highest BCUT2D eigenvalue weighted by molar-refractivity contribution is 7.09. The first kappa shape index (κ1) is 10.6. The van der Waals surface area contributed by atoms with E-state index in [0.717, 1.165) is 12.8 Å². The predicted molar refractivity (Wildman–Crippen MR) is 56.5 cm³/mol. The van der Waals surface area contributed by atoms with Gasteiger partial charge in [-0.25, -0.2) is 4.98 Å². The molecule has 0 aromatic carbocycles. The zero-order valence-electron chi connectivity index (χ0n) is 7.99. The Balaban J connectivity index is 2.31. The summed E-state index contributed by atoms with van der Waals surface area (Å²) in [5, 5.41) is 3.17. The molecule has 3 nitrogen and oxygen atoms in total. The van der Waals surface area contributed by atoms with Crippen LogP contribution in [0.25, 0.3) is 0 Å². The highest BCUT2D eigenvalue weighted by Gasteiger charge is 2.08. The van der Waals surface area contributed by atoms with Crippen molar-refractivity contribution in [3.63, 3.8) is 0 Å². The van der Waals surface area contributed by atoms with Crippen molar-refractivity contribution in [3.05, 3.63) is 16.6 Å². The van der Waals surface area contributed by atoms with Crippen LogP contribution in [0, 0.1) is 0 Å². The molecule has 0 radical (unpaired) electrons. The zero-order valence-corrected chi connectivity index (χ0v) is 8.81.